The van der Waals surface area contributed by atoms with Gasteiger partial charge < -0.3 is 14.7 Å². The lowest BCUT2D eigenvalue weighted by atomic mass is 10.0. The summed E-state index contributed by atoms with van der Waals surface area (Å²) in [7, 11) is 0. The van der Waals surface area contributed by atoms with Crippen molar-refractivity contribution in [2.24, 2.45) is 0 Å². The number of fused-ring (bicyclic) bond motifs is 3. The maximum atomic E-state index is 13.6. The zero-order chi connectivity index (χ0) is 19.4. The molecule has 5 rings (SSSR count). The van der Waals surface area contributed by atoms with E-state index < -0.39 is 0 Å². The van der Waals surface area contributed by atoms with E-state index in [9.17, 15) is 4.79 Å². The fourth-order valence-electron chi connectivity index (χ4n) is 4.58. The summed E-state index contributed by atoms with van der Waals surface area (Å²) in [6.45, 7) is 7.59. The van der Waals surface area contributed by atoms with E-state index in [-0.39, 0.29) is 5.91 Å². The van der Waals surface area contributed by atoms with Gasteiger partial charge in [-0.2, -0.15) is 0 Å². The second-order valence-electron chi connectivity index (χ2n) is 8.01. The van der Waals surface area contributed by atoms with Crippen LogP contribution in [0.5, 0.6) is 0 Å². The molecule has 0 radical (unpaired) electrons. The molecule has 0 saturated carbocycles. The Labute approximate surface area is 167 Å². The number of aromatic nitrogens is 2. The van der Waals surface area contributed by atoms with Crippen molar-refractivity contribution in [1.82, 2.24) is 20.4 Å². The van der Waals surface area contributed by atoms with Crippen LogP contribution in [0.3, 0.4) is 0 Å². The quantitative estimate of drug-likeness (QED) is 0.713. The van der Waals surface area contributed by atoms with Gasteiger partial charge in [-0.1, -0.05) is 5.16 Å². The van der Waals surface area contributed by atoms with E-state index in [1.807, 2.05) is 17.9 Å². The molecular weight excluding hydrogens is 372 g/mol. The predicted octanol–water partition coefficient (Wildman–Crippen LogP) is 3.84. The summed E-state index contributed by atoms with van der Waals surface area (Å²) in [6.07, 6.45) is 3.37. The molecule has 2 fully saturated rings. The number of carbonyl (C=O) groups is 1. The summed E-state index contributed by atoms with van der Waals surface area (Å²) in [5.74, 6) is 0.0545. The number of thiophene rings is 1. The summed E-state index contributed by atoms with van der Waals surface area (Å²) in [6, 6.07) is 5.00. The van der Waals surface area contributed by atoms with Crippen molar-refractivity contribution in [2.75, 3.05) is 13.1 Å². The molecule has 1 amide bonds. The summed E-state index contributed by atoms with van der Waals surface area (Å²) >= 11 is 1.74. The molecule has 5 heterocycles. The zero-order valence-electron chi connectivity index (χ0n) is 16.4. The number of hydrogen-bond acceptors (Lipinski definition) is 6. The van der Waals surface area contributed by atoms with Crippen LogP contribution >= 0.6 is 11.3 Å². The van der Waals surface area contributed by atoms with E-state index in [0.717, 1.165) is 42.6 Å². The molecule has 28 heavy (non-hydrogen) atoms. The topological polar surface area (TPSA) is 71.3 Å². The van der Waals surface area contributed by atoms with E-state index in [0.29, 0.717) is 29.1 Å². The normalized spacial score (nSPS) is 22.0. The number of amides is 1. The molecule has 3 aromatic rings. The molecule has 146 valence electrons. The molecule has 2 bridgehead atoms. The summed E-state index contributed by atoms with van der Waals surface area (Å²) < 4.78 is 5.47. The Morgan fingerprint density at radius 3 is 2.82 bits per heavy atom. The maximum Gasteiger partial charge on any atom is 0.259 e. The number of aryl methyl sites for hydroxylation is 3. The van der Waals surface area contributed by atoms with E-state index in [1.165, 1.54) is 16.2 Å². The minimum atomic E-state index is 0.0545. The third-order valence-corrected chi connectivity index (χ3v) is 6.94. The van der Waals surface area contributed by atoms with Crippen LogP contribution in [0.1, 0.15) is 45.1 Å². The largest absolute Gasteiger partial charge is 0.337 e. The van der Waals surface area contributed by atoms with Crippen LogP contribution < -0.4 is 5.32 Å². The van der Waals surface area contributed by atoms with Crippen LogP contribution in [0.4, 0.5) is 0 Å². The van der Waals surface area contributed by atoms with Gasteiger partial charge in [0.25, 0.3) is 11.6 Å². The number of rotatable bonds is 2. The first-order valence-corrected chi connectivity index (χ1v) is 10.7. The van der Waals surface area contributed by atoms with E-state index in [2.05, 4.69) is 35.4 Å². The lowest BCUT2D eigenvalue weighted by Crippen LogP contribution is -2.39. The SMILES string of the molecule is Cc1cc(-c2cc(C(=O)N3CCC4CCC(C3)N4)c3c(C)noc3n2)c(C)s1. The Bertz CT molecular complexity index is 1070. The Morgan fingerprint density at radius 2 is 2.04 bits per heavy atom. The summed E-state index contributed by atoms with van der Waals surface area (Å²) in [5.41, 5.74) is 3.65. The Kier molecular flexibility index (Phi) is 4.25. The van der Waals surface area contributed by atoms with E-state index in [4.69, 9.17) is 4.52 Å². The first kappa shape index (κ1) is 17.8. The molecule has 2 atom stereocenters. The van der Waals surface area contributed by atoms with Gasteiger partial charge in [0.1, 0.15) is 0 Å². The van der Waals surface area contributed by atoms with Gasteiger partial charge in [0.15, 0.2) is 0 Å². The highest BCUT2D eigenvalue weighted by molar-refractivity contribution is 7.12. The summed E-state index contributed by atoms with van der Waals surface area (Å²) in [5, 5.41) is 8.47. The molecule has 2 aliphatic rings. The Morgan fingerprint density at radius 1 is 1.21 bits per heavy atom. The van der Waals surface area contributed by atoms with Gasteiger partial charge in [0, 0.05) is 40.5 Å². The number of likely N-dealkylation sites (tertiary alicyclic amines) is 1. The van der Waals surface area contributed by atoms with E-state index >= 15 is 0 Å². The average molecular weight is 397 g/mol. The molecule has 1 N–H and O–H groups in total. The van der Waals surface area contributed by atoms with Crippen molar-refractivity contribution in [3.8, 4) is 11.3 Å². The lowest BCUT2D eigenvalue weighted by Gasteiger charge is -2.24. The second kappa shape index (κ2) is 6.67. The van der Waals surface area contributed by atoms with Gasteiger partial charge in [-0.25, -0.2) is 4.98 Å². The molecule has 0 spiro atoms. The number of nitrogens with one attached hydrogen (secondary N) is 1. The monoisotopic (exact) mass is 396 g/mol. The van der Waals surface area contributed by atoms with Crippen LogP contribution in [0, 0.1) is 20.8 Å². The van der Waals surface area contributed by atoms with Gasteiger partial charge in [-0.3, -0.25) is 4.79 Å². The van der Waals surface area contributed by atoms with Crippen LogP contribution in [-0.2, 0) is 0 Å². The first-order valence-electron chi connectivity index (χ1n) is 9.89. The minimum absolute atomic E-state index is 0.0545. The van der Waals surface area contributed by atoms with Crippen molar-refractivity contribution >= 4 is 28.3 Å². The number of nitrogens with zero attached hydrogens (tertiary/aromatic N) is 3. The molecule has 6 nitrogen and oxygen atoms in total. The standard InChI is InChI=1S/C21H24N4O2S/c1-11-8-16(13(3)28-11)18-9-17(19-12(2)24-27-20(19)23-18)21(26)25-7-6-14-4-5-15(10-25)22-14/h8-9,14-15,22H,4-7,10H2,1-3H3. The van der Waals surface area contributed by atoms with Crippen LogP contribution in [-0.4, -0.2) is 46.1 Å². The molecule has 7 heteroatoms. The molecule has 2 aliphatic heterocycles. The summed E-state index contributed by atoms with van der Waals surface area (Å²) in [4.78, 5) is 22.7. The van der Waals surface area contributed by atoms with E-state index in [1.54, 1.807) is 11.3 Å². The minimum Gasteiger partial charge on any atom is -0.337 e. The molecule has 2 saturated heterocycles. The van der Waals surface area contributed by atoms with Crippen molar-refractivity contribution in [3.63, 3.8) is 0 Å². The van der Waals surface area contributed by atoms with Crippen LogP contribution in [0.25, 0.3) is 22.4 Å². The molecule has 2 unspecified atom stereocenters. The third-order valence-electron chi connectivity index (χ3n) is 5.97. The maximum absolute atomic E-state index is 13.6. The number of hydrogen-bond donors (Lipinski definition) is 1. The Balaban J connectivity index is 1.60. The van der Waals surface area contributed by atoms with Crippen molar-refractivity contribution in [3.05, 3.63) is 33.1 Å². The molecule has 0 aliphatic carbocycles. The lowest BCUT2D eigenvalue weighted by molar-refractivity contribution is 0.0750. The zero-order valence-corrected chi connectivity index (χ0v) is 17.2. The van der Waals surface area contributed by atoms with Gasteiger partial charge in [-0.15, -0.1) is 11.3 Å². The fourth-order valence-corrected chi connectivity index (χ4v) is 5.52. The van der Waals surface area contributed by atoms with Crippen molar-refractivity contribution in [2.45, 2.75) is 52.1 Å². The highest BCUT2D eigenvalue weighted by Crippen LogP contribution is 2.33. The molecule has 3 aromatic heterocycles. The van der Waals surface area contributed by atoms with Crippen LogP contribution in [0.15, 0.2) is 16.7 Å². The smallest absolute Gasteiger partial charge is 0.259 e. The second-order valence-corrected chi connectivity index (χ2v) is 9.47. The van der Waals surface area contributed by atoms with Crippen LogP contribution in [0.2, 0.25) is 0 Å². The van der Waals surface area contributed by atoms with Gasteiger partial charge >= 0.3 is 0 Å². The predicted molar refractivity (Wildman–Crippen MR) is 110 cm³/mol. The van der Waals surface area contributed by atoms with Gasteiger partial charge in [0.2, 0.25) is 0 Å². The fraction of sp³-hybridized carbons (Fsp3) is 0.476. The Hall–Kier alpha value is -2.25. The van der Waals surface area contributed by atoms with Gasteiger partial charge in [-0.05, 0) is 52.2 Å². The van der Waals surface area contributed by atoms with Crippen molar-refractivity contribution in [1.29, 1.82) is 0 Å². The average Bonchev–Trinajstić information content (AvgIpc) is 3.31. The highest BCUT2D eigenvalue weighted by Gasteiger charge is 2.32. The highest BCUT2D eigenvalue weighted by atomic mass is 32.1. The van der Waals surface area contributed by atoms with Crippen molar-refractivity contribution < 1.29 is 9.32 Å². The molecular formula is C21H24N4O2S. The number of carbonyl (C=O) groups excluding carboxylic acids is 1. The first-order chi connectivity index (χ1) is 13.5. The van der Waals surface area contributed by atoms with Gasteiger partial charge in [0.05, 0.1) is 22.3 Å². The molecule has 0 aromatic carbocycles. The third kappa shape index (κ3) is 2.93. The number of pyridine rings is 1.